The molecule has 1 saturated heterocycles. The van der Waals surface area contributed by atoms with Crippen molar-refractivity contribution in [2.24, 2.45) is 11.7 Å². The van der Waals surface area contributed by atoms with E-state index in [4.69, 9.17) is 5.73 Å². The minimum atomic E-state index is -3.66. The number of likely N-dealkylation sites (tertiary alicyclic amines) is 1. The van der Waals surface area contributed by atoms with Crippen LogP contribution in [0.2, 0.25) is 0 Å². The quantitative estimate of drug-likeness (QED) is 0.837. The molecule has 0 saturated carbocycles. The maximum absolute atomic E-state index is 12.4. The van der Waals surface area contributed by atoms with Crippen LogP contribution in [0.5, 0.6) is 0 Å². The molecule has 21 heavy (non-hydrogen) atoms. The number of carbonyl (C=O) groups excluding carboxylic acids is 1. The molecule has 2 atom stereocenters. The second-order valence-electron chi connectivity index (χ2n) is 5.77. The van der Waals surface area contributed by atoms with E-state index in [9.17, 15) is 13.2 Å². The van der Waals surface area contributed by atoms with Gasteiger partial charge < -0.3 is 10.6 Å². The largest absolute Gasteiger partial charge is 0.366 e. The Kier molecular flexibility index (Phi) is 4.36. The van der Waals surface area contributed by atoms with Gasteiger partial charge in [0.2, 0.25) is 15.9 Å². The van der Waals surface area contributed by atoms with E-state index in [2.05, 4.69) is 9.62 Å². The Hall–Kier alpha value is -1.44. The number of likely N-dealkylation sites (N-methyl/N-ethyl adjacent to an activating group) is 1. The van der Waals surface area contributed by atoms with Crippen LogP contribution in [0, 0.1) is 12.8 Å². The molecule has 0 aliphatic carbocycles. The molecule has 2 rings (SSSR count). The van der Waals surface area contributed by atoms with Crippen LogP contribution in [-0.2, 0) is 10.0 Å². The van der Waals surface area contributed by atoms with Gasteiger partial charge in [0.25, 0.3) is 0 Å². The lowest BCUT2D eigenvalue weighted by atomic mass is 10.1. The van der Waals surface area contributed by atoms with Gasteiger partial charge in [-0.25, -0.2) is 13.1 Å². The first-order valence-electron chi connectivity index (χ1n) is 6.82. The number of primary amides is 1. The molecule has 116 valence electrons. The molecule has 1 heterocycles. The molecule has 1 fully saturated rings. The first kappa shape index (κ1) is 15.9. The molecule has 0 unspecified atom stereocenters. The van der Waals surface area contributed by atoms with E-state index in [0.717, 1.165) is 6.54 Å². The molecule has 3 N–H and O–H groups in total. The van der Waals surface area contributed by atoms with Crippen molar-refractivity contribution in [1.29, 1.82) is 0 Å². The van der Waals surface area contributed by atoms with E-state index in [0.29, 0.717) is 12.1 Å². The smallest absolute Gasteiger partial charge is 0.249 e. The predicted octanol–water partition coefficient (Wildman–Crippen LogP) is 0.322. The fourth-order valence-electron chi connectivity index (χ4n) is 2.66. The lowest BCUT2D eigenvalue weighted by molar-refractivity contribution is 0.0999. The number of aryl methyl sites for hydroxylation is 1. The van der Waals surface area contributed by atoms with E-state index < -0.39 is 15.9 Å². The van der Waals surface area contributed by atoms with Gasteiger partial charge in [0.05, 0.1) is 4.90 Å². The molecule has 1 aromatic carbocycles. The summed E-state index contributed by atoms with van der Waals surface area (Å²) in [6.07, 6.45) is 0. The fraction of sp³-hybridized carbons (Fsp3) is 0.500. The molecule has 7 heteroatoms. The Morgan fingerprint density at radius 2 is 2.05 bits per heavy atom. The van der Waals surface area contributed by atoms with Crippen LogP contribution in [0.4, 0.5) is 0 Å². The van der Waals surface area contributed by atoms with Gasteiger partial charge in [0.15, 0.2) is 0 Å². The topological polar surface area (TPSA) is 92.5 Å². The molecule has 0 bridgehead atoms. The minimum Gasteiger partial charge on any atom is -0.366 e. The molecular formula is C14H21N3O3S. The van der Waals surface area contributed by atoms with Gasteiger partial charge in [0.1, 0.15) is 0 Å². The summed E-state index contributed by atoms with van der Waals surface area (Å²) in [4.78, 5) is 13.5. The average Bonchev–Trinajstić information content (AvgIpc) is 2.66. The van der Waals surface area contributed by atoms with Crippen molar-refractivity contribution in [2.75, 3.05) is 20.1 Å². The molecule has 0 radical (unpaired) electrons. The first-order chi connectivity index (χ1) is 9.70. The minimum absolute atomic E-state index is 0.0728. The Labute approximate surface area is 125 Å². The lowest BCUT2D eigenvalue weighted by Gasteiger charge is -2.17. The monoisotopic (exact) mass is 311 g/mol. The van der Waals surface area contributed by atoms with Crippen LogP contribution in [-0.4, -0.2) is 45.4 Å². The van der Waals surface area contributed by atoms with E-state index in [1.54, 1.807) is 13.0 Å². The molecule has 1 aromatic rings. The highest BCUT2D eigenvalue weighted by Crippen LogP contribution is 2.19. The standard InChI is InChI=1S/C14H21N3O3S/c1-9-4-5-11(6-12(9)14(15)18)21(19,20)16-13-8-17(3)7-10(13)2/h4-6,10,13,16H,7-8H2,1-3H3,(H2,15,18)/t10-,13-/m0/s1. The molecular weight excluding hydrogens is 290 g/mol. The molecule has 6 nitrogen and oxygen atoms in total. The third-order valence-electron chi connectivity index (χ3n) is 3.89. The predicted molar refractivity (Wildman–Crippen MR) is 80.5 cm³/mol. The average molecular weight is 311 g/mol. The maximum atomic E-state index is 12.4. The third-order valence-corrected chi connectivity index (χ3v) is 5.37. The van der Waals surface area contributed by atoms with Crippen LogP contribution in [0.25, 0.3) is 0 Å². The van der Waals surface area contributed by atoms with Crippen LogP contribution >= 0.6 is 0 Å². The number of hydrogen-bond acceptors (Lipinski definition) is 4. The Morgan fingerprint density at radius 3 is 2.57 bits per heavy atom. The van der Waals surface area contributed by atoms with Crippen LogP contribution < -0.4 is 10.5 Å². The summed E-state index contributed by atoms with van der Waals surface area (Å²) in [7, 11) is -1.70. The summed E-state index contributed by atoms with van der Waals surface area (Å²) in [5.74, 6) is -0.385. The SMILES string of the molecule is Cc1ccc(S(=O)(=O)N[C@H]2CN(C)C[C@@H]2C)cc1C(N)=O. The number of nitrogens with one attached hydrogen (secondary N) is 1. The van der Waals surface area contributed by atoms with Crippen LogP contribution in [0.3, 0.4) is 0 Å². The van der Waals surface area contributed by atoms with Crippen LogP contribution in [0.1, 0.15) is 22.8 Å². The van der Waals surface area contributed by atoms with Crippen LogP contribution in [0.15, 0.2) is 23.1 Å². The van der Waals surface area contributed by atoms with E-state index in [1.165, 1.54) is 12.1 Å². The second-order valence-corrected chi connectivity index (χ2v) is 7.48. The van der Waals surface area contributed by atoms with Crippen molar-refractivity contribution in [1.82, 2.24) is 9.62 Å². The Morgan fingerprint density at radius 1 is 1.38 bits per heavy atom. The number of amides is 1. The number of hydrogen-bond donors (Lipinski definition) is 2. The molecule has 0 aromatic heterocycles. The van der Waals surface area contributed by atoms with Gasteiger partial charge >= 0.3 is 0 Å². The van der Waals surface area contributed by atoms with E-state index in [-0.39, 0.29) is 22.4 Å². The number of benzene rings is 1. The summed E-state index contributed by atoms with van der Waals surface area (Å²) in [6.45, 7) is 5.27. The highest BCUT2D eigenvalue weighted by atomic mass is 32.2. The third kappa shape index (κ3) is 3.42. The lowest BCUT2D eigenvalue weighted by Crippen LogP contribution is -2.39. The summed E-state index contributed by atoms with van der Waals surface area (Å²) >= 11 is 0. The van der Waals surface area contributed by atoms with Crippen molar-refractivity contribution < 1.29 is 13.2 Å². The van der Waals surface area contributed by atoms with Gasteiger partial charge in [-0.15, -0.1) is 0 Å². The number of nitrogens with two attached hydrogens (primary N) is 1. The molecule has 1 amide bonds. The summed E-state index contributed by atoms with van der Waals surface area (Å²) in [5.41, 5.74) is 6.16. The number of nitrogens with zero attached hydrogens (tertiary/aromatic N) is 1. The fourth-order valence-corrected chi connectivity index (χ4v) is 4.03. The number of sulfonamides is 1. The molecule has 1 aliphatic rings. The number of carbonyl (C=O) groups is 1. The summed E-state index contributed by atoms with van der Waals surface area (Å²) in [5, 5.41) is 0. The summed E-state index contributed by atoms with van der Waals surface area (Å²) in [6, 6.07) is 4.30. The van der Waals surface area contributed by atoms with Crippen molar-refractivity contribution in [2.45, 2.75) is 24.8 Å². The zero-order valence-electron chi connectivity index (χ0n) is 12.5. The molecule has 1 aliphatic heterocycles. The van der Waals surface area contributed by atoms with Gasteiger partial charge in [-0.1, -0.05) is 13.0 Å². The van der Waals surface area contributed by atoms with Gasteiger partial charge in [-0.3, -0.25) is 4.79 Å². The zero-order valence-corrected chi connectivity index (χ0v) is 13.3. The highest BCUT2D eigenvalue weighted by molar-refractivity contribution is 7.89. The second kappa shape index (κ2) is 5.75. The van der Waals surface area contributed by atoms with Crippen molar-refractivity contribution in [3.8, 4) is 0 Å². The van der Waals surface area contributed by atoms with Gasteiger partial charge in [0, 0.05) is 24.7 Å². The first-order valence-corrected chi connectivity index (χ1v) is 8.30. The van der Waals surface area contributed by atoms with Crippen molar-refractivity contribution in [3.63, 3.8) is 0 Å². The Balaban J connectivity index is 2.28. The highest BCUT2D eigenvalue weighted by Gasteiger charge is 2.31. The maximum Gasteiger partial charge on any atom is 0.249 e. The van der Waals surface area contributed by atoms with Crippen molar-refractivity contribution >= 4 is 15.9 Å². The Bertz CT molecular complexity index is 657. The molecule has 0 spiro atoms. The van der Waals surface area contributed by atoms with Crippen molar-refractivity contribution in [3.05, 3.63) is 29.3 Å². The van der Waals surface area contributed by atoms with E-state index >= 15 is 0 Å². The normalized spacial score (nSPS) is 23.4. The van der Waals surface area contributed by atoms with Gasteiger partial charge in [-0.2, -0.15) is 0 Å². The van der Waals surface area contributed by atoms with E-state index in [1.807, 2.05) is 14.0 Å². The van der Waals surface area contributed by atoms with Gasteiger partial charge in [-0.05, 0) is 37.6 Å². The number of rotatable bonds is 4. The zero-order chi connectivity index (χ0) is 15.8. The summed E-state index contributed by atoms with van der Waals surface area (Å²) < 4.78 is 27.6.